The Balaban J connectivity index is 2.42. The van der Waals surface area contributed by atoms with E-state index in [1.807, 2.05) is 0 Å². The molecule has 2 atom stereocenters. The zero-order valence-electron chi connectivity index (χ0n) is 14.7. The number of carboxylic acid groups (broad SMARTS) is 1. The van der Waals surface area contributed by atoms with Crippen molar-refractivity contribution in [2.24, 2.45) is 0 Å². The number of amides is 1. The van der Waals surface area contributed by atoms with Gasteiger partial charge in [0.1, 0.15) is 6.04 Å². The molecule has 1 fully saturated rings. The second kappa shape index (κ2) is 8.02. The third kappa shape index (κ3) is 3.76. The highest BCUT2D eigenvalue weighted by Gasteiger charge is 2.40. The van der Waals surface area contributed by atoms with Crippen molar-refractivity contribution in [3.63, 3.8) is 0 Å². The predicted octanol–water partition coefficient (Wildman–Crippen LogP) is 1.75. The Bertz CT molecular complexity index is 672. The first kappa shape index (κ1) is 18.8. The van der Waals surface area contributed by atoms with Gasteiger partial charge in [-0.3, -0.25) is 4.79 Å². The number of hydrogen-bond acceptors (Lipinski definition) is 5. The van der Waals surface area contributed by atoms with E-state index < -0.39 is 12.0 Å². The first-order valence-corrected chi connectivity index (χ1v) is 7.89. The lowest BCUT2D eigenvalue weighted by atomic mass is 10.0. The molecule has 1 saturated heterocycles. The fourth-order valence-corrected chi connectivity index (χ4v) is 3.07. The number of benzene rings is 1. The van der Waals surface area contributed by atoms with Crippen LogP contribution in [0.5, 0.6) is 11.5 Å². The first-order valence-electron chi connectivity index (χ1n) is 7.89. The predicted molar refractivity (Wildman–Crippen MR) is 91.3 cm³/mol. The van der Waals surface area contributed by atoms with Gasteiger partial charge in [-0.1, -0.05) is 6.08 Å². The zero-order valence-corrected chi connectivity index (χ0v) is 14.7. The molecule has 1 heterocycles. The monoisotopic (exact) mass is 349 g/mol. The molecule has 2 rings (SSSR count). The number of aliphatic carboxylic acids is 1. The minimum absolute atomic E-state index is 0.234. The van der Waals surface area contributed by atoms with Crippen molar-refractivity contribution in [3.05, 3.63) is 35.9 Å². The molecule has 7 nitrogen and oxygen atoms in total. The minimum Gasteiger partial charge on any atom is -0.493 e. The molecular formula is C18H23NO6. The van der Waals surface area contributed by atoms with Crippen molar-refractivity contribution in [1.82, 2.24) is 4.90 Å². The molecule has 0 saturated carbocycles. The van der Waals surface area contributed by atoms with Gasteiger partial charge in [-0.25, -0.2) is 4.79 Å². The highest BCUT2D eigenvalue weighted by molar-refractivity contribution is 5.98. The lowest BCUT2D eigenvalue weighted by Gasteiger charge is -2.22. The lowest BCUT2D eigenvalue weighted by molar-refractivity contribution is -0.141. The van der Waals surface area contributed by atoms with Gasteiger partial charge < -0.3 is 24.2 Å². The fraction of sp³-hybridized carbons (Fsp3) is 0.444. The number of carbonyl (C=O) groups excluding carboxylic acids is 1. The topological polar surface area (TPSA) is 85.3 Å². The summed E-state index contributed by atoms with van der Waals surface area (Å²) in [6, 6.07) is 2.34. The Morgan fingerprint density at radius 2 is 2.04 bits per heavy atom. The number of allylic oxidation sites excluding steroid dienone is 1. The number of ether oxygens (including phenoxy) is 3. The third-order valence-electron chi connectivity index (χ3n) is 4.31. The van der Waals surface area contributed by atoms with Crippen molar-refractivity contribution in [1.29, 1.82) is 0 Å². The summed E-state index contributed by atoms with van der Waals surface area (Å²) in [5.41, 5.74) is 1.09. The molecule has 1 aliphatic heterocycles. The third-order valence-corrected chi connectivity index (χ3v) is 4.31. The Labute approximate surface area is 146 Å². The standard InChI is InChI=1S/C18H23NO6/c1-5-6-11-7-12(8-15(24-3)16(11)25-4)17(20)19-10-13(23-2)9-14(19)18(21)22/h5,7-8,13-14H,1,6,9-10H2,2-4H3,(H,21,22). The van der Waals surface area contributed by atoms with E-state index in [1.165, 1.54) is 26.2 Å². The SMILES string of the molecule is C=CCc1cc(C(=O)N2CC(OC)CC2C(=O)O)cc(OC)c1OC. The van der Waals surface area contributed by atoms with Crippen LogP contribution in [-0.4, -0.2) is 61.9 Å². The lowest BCUT2D eigenvalue weighted by Crippen LogP contribution is -2.40. The molecule has 2 unspecified atom stereocenters. The van der Waals surface area contributed by atoms with Crippen molar-refractivity contribution < 1.29 is 28.9 Å². The molecule has 1 aliphatic rings. The molecule has 1 aromatic carbocycles. The van der Waals surface area contributed by atoms with E-state index in [0.717, 1.165) is 5.56 Å². The highest BCUT2D eigenvalue weighted by atomic mass is 16.5. The van der Waals surface area contributed by atoms with Crippen LogP contribution < -0.4 is 9.47 Å². The smallest absolute Gasteiger partial charge is 0.326 e. The Kier molecular flexibility index (Phi) is 6.03. The Morgan fingerprint density at radius 1 is 1.32 bits per heavy atom. The van der Waals surface area contributed by atoms with Gasteiger partial charge in [0.15, 0.2) is 11.5 Å². The summed E-state index contributed by atoms with van der Waals surface area (Å²) in [6.07, 6.45) is 2.16. The molecule has 0 bridgehead atoms. The van der Waals surface area contributed by atoms with E-state index in [2.05, 4.69) is 6.58 Å². The van der Waals surface area contributed by atoms with E-state index in [4.69, 9.17) is 14.2 Å². The van der Waals surface area contributed by atoms with Crippen LogP contribution in [0.4, 0.5) is 0 Å². The van der Waals surface area contributed by atoms with Gasteiger partial charge in [0.05, 0.1) is 20.3 Å². The molecule has 1 aromatic rings. The van der Waals surface area contributed by atoms with Crippen LogP contribution in [0.1, 0.15) is 22.3 Å². The van der Waals surface area contributed by atoms with Gasteiger partial charge >= 0.3 is 5.97 Å². The largest absolute Gasteiger partial charge is 0.493 e. The van der Waals surface area contributed by atoms with Gasteiger partial charge in [0, 0.05) is 31.2 Å². The summed E-state index contributed by atoms with van der Waals surface area (Å²) in [7, 11) is 4.52. The maximum atomic E-state index is 12.9. The van der Waals surface area contributed by atoms with Gasteiger partial charge in [-0.05, 0) is 18.6 Å². The second-order valence-electron chi connectivity index (χ2n) is 5.77. The molecule has 1 N–H and O–H groups in total. The van der Waals surface area contributed by atoms with Crippen molar-refractivity contribution in [2.45, 2.75) is 25.0 Å². The first-order chi connectivity index (χ1) is 12.0. The van der Waals surface area contributed by atoms with Crippen LogP contribution >= 0.6 is 0 Å². The maximum absolute atomic E-state index is 12.9. The molecule has 1 amide bonds. The number of hydrogen-bond donors (Lipinski definition) is 1. The molecule has 7 heteroatoms. The van der Waals surface area contributed by atoms with Gasteiger partial charge in [0.25, 0.3) is 5.91 Å². The molecule has 25 heavy (non-hydrogen) atoms. The molecular weight excluding hydrogens is 326 g/mol. The number of carbonyl (C=O) groups is 2. The maximum Gasteiger partial charge on any atom is 0.326 e. The summed E-state index contributed by atoms with van der Waals surface area (Å²) in [5.74, 6) is -0.470. The van der Waals surface area contributed by atoms with Crippen LogP contribution in [0.2, 0.25) is 0 Å². The number of nitrogens with zero attached hydrogens (tertiary/aromatic N) is 1. The van der Waals surface area contributed by atoms with E-state index in [1.54, 1.807) is 18.2 Å². The molecule has 0 radical (unpaired) electrons. The summed E-state index contributed by atoms with van der Waals surface area (Å²) in [4.78, 5) is 25.8. The highest BCUT2D eigenvalue weighted by Crippen LogP contribution is 2.34. The summed E-state index contributed by atoms with van der Waals surface area (Å²) >= 11 is 0. The van der Waals surface area contributed by atoms with E-state index in [9.17, 15) is 14.7 Å². The number of carboxylic acids is 1. The number of rotatable bonds is 7. The van der Waals surface area contributed by atoms with Crippen LogP contribution in [-0.2, 0) is 16.0 Å². The van der Waals surface area contributed by atoms with Gasteiger partial charge in [-0.15, -0.1) is 6.58 Å². The van der Waals surface area contributed by atoms with E-state index in [-0.39, 0.29) is 25.0 Å². The normalized spacial score (nSPS) is 19.6. The zero-order chi connectivity index (χ0) is 18.6. The van der Waals surface area contributed by atoms with Crippen molar-refractivity contribution in [3.8, 4) is 11.5 Å². The summed E-state index contributed by atoms with van der Waals surface area (Å²) in [5, 5.41) is 9.41. The quantitative estimate of drug-likeness (QED) is 0.755. The number of methoxy groups -OCH3 is 3. The molecule has 0 aromatic heterocycles. The fourth-order valence-electron chi connectivity index (χ4n) is 3.07. The van der Waals surface area contributed by atoms with Crippen LogP contribution in [0.15, 0.2) is 24.8 Å². The van der Waals surface area contributed by atoms with E-state index in [0.29, 0.717) is 23.5 Å². The molecule has 136 valence electrons. The minimum atomic E-state index is -1.04. The second-order valence-corrected chi connectivity index (χ2v) is 5.77. The van der Waals surface area contributed by atoms with Gasteiger partial charge in [-0.2, -0.15) is 0 Å². The Hall–Kier alpha value is -2.54. The summed E-state index contributed by atoms with van der Waals surface area (Å²) in [6.45, 7) is 3.94. The van der Waals surface area contributed by atoms with Crippen LogP contribution in [0, 0.1) is 0 Å². The van der Waals surface area contributed by atoms with Gasteiger partial charge in [0.2, 0.25) is 0 Å². The van der Waals surface area contributed by atoms with Crippen LogP contribution in [0.3, 0.4) is 0 Å². The number of likely N-dealkylation sites (tertiary alicyclic amines) is 1. The Morgan fingerprint density at radius 3 is 2.56 bits per heavy atom. The van der Waals surface area contributed by atoms with Crippen molar-refractivity contribution >= 4 is 11.9 Å². The molecule has 0 aliphatic carbocycles. The van der Waals surface area contributed by atoms with E-state index >= 15 is 0 Å². The average molecular weight is 349 g/mol. The summed E-state index contributed by atoms with van der Waals surface area (Å²) < 4.78 is 15.9. The van der Waals surface area contributed by atoms with Crippen molar-refractivity contribution in [2.75, 3.05) is 27.9 Å². The molecule has 0 spiro atoms. The average Bonchev–Trinajstić information content (AvgIpc) is 3.05. The van der Waals surface area contributed by atoms with Crippen LogP contribution in [0.25, 0.3) is 0 Å².